The van der Waals surface area contributed by atoms with E-state index in [1.807, 2.05) is 0 Å². The van der Waals surface area contributed by atoms with E-state index in [4.69, 9.17) is 5.11 Å². The minimum absolute atomic E-state index is 0.225. The number of pyridine rings is 1. The van der Waals surface area contributed by atoms with Gasteiger partial charge in [-0.1, -0.05) is 0 Å². The smallest absolute Gasteiger partial charge is 0.280 e. The molecule has 0 radical (unpaired) electrons. The van der Waals surface area contributed by atoms with Crippen molar-refractivity contribution in [3.8, 4) is 5.88 Å². The fraction of sp³-hybridized carbons (Fsp3) is 0.375. The van der Waals surface area contributed by atoms with E-state index in [0.29, 0.717) is 6.07 Å². The fourth-order valence-corrected chi connectivity index (χ4v) is 0.960. The maximum atomic E-state index is 13.0. The van der Waals surface area contributed by atoms with Crippen LogP contribution in [0.1, 0.15) is 17.7 Å². The van der Waals surface area contributed by atoms with Gasteiger partial charge in [0.25, 0.3) is 6.43 Å². The lowest BCUT2D eigenvalue weighted by molar-refractivity contribution is 0.143. The van der Waals surface area contributed by atoms with Gasteiger partial charge in [0.05, 0.1) is 19.3 Å². The number of hydrogen-bond acceptors (Lipinski definition) is 3. The van der Waals surface area contributed by atoms with Gasteiger partial charge < -0.3 is 9.84 Å². The standard InChI is InChI=1S/C8H8F3NO2/c1-14-8-4(3-13)5(9)2-6(12-8)7(10)11/h2,7,13H,3H2,1H3. The van der Waals surface area contributed by atoms with Crippen molar-refractivity contribution in [3.63, 3.8) is 0 Å². The van der Waals surface area contributed by atoms with E-state index in [1.54, 1.807) is 0 Å². The van der Waals surface area contributed by atoms with Gasteiger partial charge in [0, 0.05) is 6.07 Å². The van der Waals surface area contributed by atoms with E-state index in [1.165, 1.54) is 0 Å². The molecule has 1 aromatic rings. The predicted octanol–water partition coefficient (Wildman–Crippen LogP) is 1.66. The summed E-state index contributed by atoms with van der Waals surface area (Å²) in [4.78, 5) is 3.35. The van der Waals surface area contributed by atoms with Crippen molar-refractivity contribution in [2.75, 3.05) is 7.11 Å². The molecule has 14 heavy (non-hydrogen) atoms. The van der Waals surface area contributed by atoms with E-state index in [9.17, 15) is 13.2 Å². The molecule has 0 atom stereocenters. The van der Waals surface area contributed by atoms with Gasteiger partial charge >= 0.3 is 0 Å². The molecule has 0 unspecified atom stereocenters. The Morgan fingerprint density at radius 1 is 1.57 bits per heavy atom. The summed E-state index contributed by atoms with van der Waals surface area (Å²) >= 11 is 0. The van der Waals surface area contributed by atoms with Crippen LogP contribution in [-0.4, -0.2) is 17.2 Å². The second-order valence-electron chi connectivity index (χ2n) is 2.48. The van der Waals surface area contributed by atoms with Crippen molar-refractivity contribution in [1.29, 1.82) is 0 Å². The first-order valence-electron chi connectivity index (χ1n) is 3.72. The van der Waals surface area contributed by atoms with E-state index in [0.717, 1.165) is 7.11 Å². The largest absolute Gasteiger partial charge is 0.481 e. The SMILES string of the molecule is COc1nc(C(F)F)cc(F)c1CO. The topological polar surface area (TPSA) is 42.4 Å². The number of halogens is 3. The second kappa shape index (κ2) is 4.28. The van der Waals surface area contributed by atoms with Gasteiger partial charge in [0.2, 0.25) is 5.88 Å². The number of alkyl halides is 2. The quantitative estimate of drug-likeness (QED) is 0.819. The Labute approximate surface area is 78.2 Å². The molecule has 0 aliphatic heterocycles. The van der Waals surface area contributed by atoms with Gasteiger partial charge in [0.15, 0.2) is 0 Å². The zero-order valence-electron chi connectivity index (χ0n) is 7.30. The maximum Gasteiger partial charge on any atom is 0.280 e. The van der Waals surface area contributed by atoms with E-state index in [-0.39, 0.29) is 11.4 Å². The molecule has 0 aliphatic carbocycles. The van der Waals surface area contributed by atoms with Gasteiger partial charge in [-0.25, -0.2) is 18.2 Å². The van der Waals surface area contributed by atoms with Crippen molar-refractivity contribution < 1.29 is 23.0 Å². The van der Waals surface area contributed by atoms with Crippen LogP contribution in [0.5, 0.6) is 5.88 Å². The van der Waals surface area contributed by atoms with Crippen molar-refractivity contribution in [2.45, 2.75) is 13.0 Å². The Morgan fingerprint density at radius 2 is 2.21 bits per heavy atom. The van der Waals surface area contributed by atoms with E-state index < -0.39 is 24.5 Å². The maximum absolute atomic E-state index is 13.0. The molecular weight excluding hydrogens is 199 g/mol. The first-order valence-corrected chi connectivity index (χ1v) is 3.72. The summed E-state index contributed by atoms with van der Waals surface area (Å²) in [5.41, 5.74) is -0.937. The molecule has 1 rings (SSSR count). The number of ether oxygens (including phenoxy) is 1. The van der Waals surface area contributed by atoms with Gasteiger partial charge in [-0.05, 0) is 0 Å². The minimum Gasteiger partial charge on any atom is -0.481 e. The van der Waals surface area contributed by atoms with Gasteiger partial charge in [-0.15, -0.1) is 0 Å². The van der Waals surface area contributed by atoms with Crippen LogP contribution in [0, 0.1) is 5.82 Å². The van der Waals surface area contributed by atoms with Gasteiger partial charge in [0.1, 0.15) is 11.5 Å². The lowest BCUT2D eigenvalue weighted by atomic mass is 10.2. The first kappa shape index (κ1) is 10.8. The van der Waals surface area contributed by atoms with Crippen molar-refractivity contribution in [1.82, 2.24) is 4.98 Å². The third kappa shape index (κ3) is 1.95. The Hall–Kier alpha value is -1.30. The number of hydrogen-bond donors (Lipinski definition) is 1. The summed E-state index contributed by atoms with van der Waals surface area (Å²) in [5.74, 6) is -1.27. The molecular formula is C8H8F3NO2. The molecule has 1 N–H and O–H groups in total. The monoisotopic (exact) mass is 207 g/mol. The highest BCUT2D eigenvalue weighted by molar-refractivity contribution is 5.29. The first-order chi connectivity index (χ1) is 6.60. The summed E-state index contributed by atoms with van der Waals surface area (Å²) in [6.07, 6.45) is -2.87. The Morgan fingerprint density at radius 3 is 2.64 bits per heavy atom. The van der Waals surface area contributed by atoms with Crippen molar-refractivity contribution in [3.05, 3.63) is 23.1 Å². The summed E-state index contributed by atoms with van der Waals surface area (Å²) < 4.78 is 41.9. The molecule has 6 heteroatoms. The molecule has 0 saturated heterocycles. The third-order valence-electron chi connectivity index (χ3n) is 1.63. The lowest BCUT2D eigenvalue weighted by Gasteiger charge is -2.08. The zero-order valence-corrected chi connectivity index (χ0v) is 7.30. The molecule has 3 nitrogen and oxygen atoms in total. The van der Waals surface area contributed by atoms with Crippen molar-refractivity contribution in [2.24, 2.45) is 0 Å². The van der Waals surface area contributed by atoms with Gasteiger partial charge in [-0.3, -0.25) is 0 Å². The Balaban J connectivity index is 3.24. The van der Waals surface area contributed by atoms with Crippen LogP contribution in [0.3, 0.4) is 0 Å². The third-order valence-corrected chi connectivity index (χ3v) is 1.63. The van der Waals surface area contributed by atoms with E-state index >= 15 is 0 Å². The number of rotatable bonds is 3. The van der Waals surface area contributed by atoms with Crippen LogP contribution in [0.25, 0.3) is 0 Å². The van der Waals surface area contributed by atoms with Crippen LogP contribution in [0.15, 0.2) is 6.07 Å². The molecule has 78 valence electrons. The number of nitrogens with zero attached hydrogens (tertiary/aromatic N) is 1. The molecule has 1 aromatic heterocycles. The number of aromatic nitrogens is 1. The molecule has 0 aliphatic rings. The van der Waals surface area contributed by atoms with Crippen molar-refractivity contribution >= 4 is 0 Å². The minimum atomic E-state index is -2.87. The average molecular weight is 207 g/mol. The highest BCUT2D eigenvalue weighted by Gasteiger charge is 2.17. The highest BCUT2D eigenvalue weighted by atomic mass is 19.3. The Kier molecular flexibility index (Phi) is 3.29. The number of aliphatic hydroxyl groups is 1. The van der Waals surface area contributed by atoms with Gasteiger partial charge in [-0.2, -0.15) is 0 Å². The molecule has 0 spiro atoms. The number of methoxy groups -OCH3 is 1. The fourth-order valence-electron chi connectivity index (χ4n) is 0.960. The van der Waals surface area contributed by atoms with Crippen LogP contribution >= 0.6 is 0 Å². The molecule has 0 fully saturated rings. The average Bonchev–Trinajstić information content (AvgIpc) is 2.16. The molecule has 0 amide bonds. The summed E-state index contributed by atoms with van der Waals surface area (Å²) in [6.45, 7) is -0.647. The normalized spacial score (nSPS) is 10.7. The zero-order chi connectivity index (χ0) is 10.7. The second-order valence-corrected chi connectivity index (χ2v) is 2.48. The Bertz CT molecular complexity index is 331. The summed E-state index contributed by atoms with van der Waals surface area (Å²) in [5, 5.41) is 8.71. The number of aliphatic hydroxyl groups excluding tert-OH is 1. The molecule has 0 bridgehead atoms. The van der Waals surface area contributed by atoms with Crippen LogP contribution in [-0.2, 0) is 6.61 Å². The molecule has 0 aromatic carbocycles. The highest BCUT2D eigenvalue weighted by Crippen LogP contribution is 2.25. The molecule has 1 heterocycles. The molecule has 0 saturated carbocycles. The predicted molar refractivity (Wildman–Crippen MR) is 41.6 cm³/mol. The van der Waals surface area contributed by atoms with Crippen LogP contribution in [0.4, 0.5) is 13.2 Å². The summed E-state index contributed by atoms with van der Waals surface area (Å²) in [6, 6.07) is 0.582. The lowest BCUT2D eigenvalue weighted by Crippen LogP contribution is -2.02. The summed E-state index contributed by atoms with van der Waals surface area (Å²) in [7, 11) is 1.16. The van der Waals surface area contributed by atoms with Crippen LogP contribution < -0.4 is 4.74 Å². The van der Waals surface area contributed by atoms with E-state index in [2.05, 4.69) is 9.72 Å². The van der Waals surface area contributed by atoms with Crippen LogP contribution in [0.2, 0.25) is 0 Å².